The Morgan fingerprint density at radius 1 is 0.462 bits per heavy atom. The summed E-state index contributed by atoms with van der Waals surface area (Å²) in [7, 11) is -3.94. The molecule has 4 rings (SSSR count). The second-order valence-electron chi connectivity index (χ2n) is 8.23. The number of benzene rings is 4. The van der Waals surface area contributed by atoms with E-state index in [-0.39, 0.29) is 32.0 Å². The molecule has 0 aliphatic heterocycles. The molecule has 0 saturated heterocycles. The first kappa shape index (κ1) is 26.8. The summed E-state index contributed by atoms with van der Waals surface area (Å²) >= 11 is 0. The minimum Gasteiger partial charge on any atom is -0.478 e. The Hall–Kier alpha value is -5.29. The predicted molar refractivity (Wildman–Crippen MR) is 141 cm³/mol. The van der Waals surface area contributed by atoms with E-state index in [0.717, 1.165) is 0 Å². The van der Waals surface area contributed by atoms with E-state index >= 15 is 0 Å². The average molecular weight is 545 g/mol. The molecule has 0 atom stereocenters. The first-order valence-corrected chi connectivity index (χ1v) is 12.8. The molecule has 0 aliphatic carbocycles. The molecule has 0 unspecified atom stereocenters. The van der Waals surface area contributed by atoms with Crippen molar-refractivity contribution in [2.45, 2.75) is 9.79 Å². The van der Waals surface area contributed by atoms with Gasteiger partial charge in [0.05, 0.1) is 20.9 Å². The molecule has 11 heteroatoms. The van der Waals surface area contributed by atoms with E-state index in [9.17, 15) is 27.6 Å². The summed E-state index contributed by atoms with van der Waals surface area (Å²) in [5.41, 5.74) is 1.29. The Kier molecular flexibility index (Phi) is 7.54. The molecule has 0 aromatic heterocycles. The van der Waals surface area contributed by atoms with Crippen molar-refractivity contribution in [2.24, 2.45) is 0 Å². The normalized spacial score (nSPS) is 10.9. The van der Waals surface area contributed by atoms with Crippen LogP contribution in [-0.4, -0.2) is 42.4 Å². The van der Waals surface area contributed by atoms with Gasteiger partial charge in [-0.25, -0.2) is 18.0 Å². The lowest BCUT2D eigenvalue weighted by Crippen LogP contribution is -2.13. The van der Waals surface area contributed by atoms with Gasteiger partial charge in [0, 0.05) is 22.5 Å². The number of nitrogens with one attached hydrogen (secondary N) is 2. The number of carbonyl (C=O) groups is 4. The minimum absolute atomic E-state index is 0.0550. The molecule has 0 saturated carbocycles. The summed E-state index contributed by atoms with van der Waals surface area (Å²) in [6.45, 7) is 0. The molecule has 2 amide bonds. The number of carboxylic acid groups (broad SMARTS) is 2. The maximum atomic E-state index is 13.1. The van der Waals surface area contributed by atoms with Crippen molar-refractivity contribution in [3.8, 4) is 0 Å². The fourth-order valence-electron chi connectivity index (χ4n) is 3.51. The van der Waals surface area contributed by atoms with Crippen LogP contribution in [0.15, 0.2) is 107 Å². The van der Waals surface area contributed by atoms with Gasteiger partial charge in [0.2, 0.25) is 9.84 Å². The number of rotatable bonds is 8. The molecule has 4 aromatic carbocycles. The lowest BCUT2D eigenvalue weighted by atomic mass is 10.2. The lowest BCUT2D eigenvalue weighted by molar-refractivity contribution is 0.0686. The van der Waals surface area contributed by atoms with E-state index in [1.54, 1.807) is 0 Å². The van der Waals surface area contributed by atoms with Gasteiger partial charge in [0.1, 0.15) is 0 Å². The highest BCUT2D eigenvalue weighted by Gasteiger charge is 2.19. The van der Waals surface area contributed by atoms with Crippen molar-refractivity contribution in [1.82, 2.24) is 0 Å². The third-order valence-electron chi connectivity index (χ3n) is 5.63. The highest BCUT2D eigenvalue weighted by Crippen LogP contribution is 2.23. The predicted octanol–water partition coefficient (Wildman–Crippen LogP) is 4.42. The smallest absolute Gasteiger partial charge is 0.335 e. The zero-order valence-corrected chi connectivity index (χ0v) is 20.8. The van der Waals surface area contributed by atoms with Crippen LogP contribution in [0.4, 0.5) is 11.4 Å². The standard InChI is InChI=1S/C28H20N2O8S/c31-25(29-21-9-1-19(2-10-21)27(33)34)17-5-13-23(14-6-17)39(37,38)24-15-7-18(8-16-24)26(32)30-22-11-3-20(4-12-22)28(35)36/h1-16H,(H,29,31)(H,30,32)(H,33,34)(H,35,36). The monoisotopic (exact) mass is 544 g/mol. The number of carboxylic acids is 2. The van der Waals surface area contributed by atoms with E-state index in [1.807, 2.05) is 0 Å². The second kappa shape index (κ2) is 11.0. The number of aromatic carboxylic acids is 2. The van der Waals surface area contributed by atoms with Gasteiger partial charge in [0.15, 0.2) is 0 Å². The molecular weight excluding hydrogens is 524 g/mol. The third-order valence-corrected chi connectivity index (χ3v) is 7.42. The first-order valence-electron chi connectivity index (χ1n) is 11.3. The van der Waals surface area contributed by atoms with Gasteiger partial charge in [-0.2, -0.15) is 0 Å². The van der Waals surface area contributed by atoms with E-state index in [1.165, 1.54) is 97.1 Å². The highest BCUT2D eigenvalue weighted by atomic mass is 32.2. The SMILES string of the molecule is O=C(O)c1ccc(NC(=O)c2ccc(S(=O)(=O)c3ccc(C(=O)Nc4ccc(C(=O)O)cc4)cc3)cc2)cc1. The van der Waals surface area contributed by atoms with Crippen LogP contribution in [0.25, 0.3) is 0 Å². The van der Waals surface area contributed by atoms with Crippen LogP contribution < -0.4 is 10.6 Å². The van der Waals surface area contributed by atoms with Crippen molar-refractivity contribution in [3.05, 3.63) is 119 Å². The number of anilines is 2. The lowest BCUT2D eigenvalue weighted by Gasteiger charge is -2.09. The number of carbonyl (C=O) groups excluding carboxylic acids is 2. The Labute approximate surface area is 222 Å². The Balaban J connectivity index is 1.43. The molecule has 196 valence electrons. The summed E-state index contributed by atoms with van der Waals surface area (Å²) in [5.74, 6) is -3.19. The zero-order chi connectivity index (χ0) is 28.2. The van der Waals surface area contributed by atoms with E-state index in [2.05, 4.69) is 10.6 Å². The van der Waals surface area contributed by atoms with Crippen molar-refractivity contribution in [1.29, 1.82) is 0 Å². The Bertz CT molecular complexity index is 1540. The van der Waals surface area contributed by atoms with Crippen LogP contribution in [0, 0.1) is 0 Å². The quantitative estimate of drug-likeness (QED) is 0.253. The topological polar surface area (TPSA) is 167 Å². The molecule has 0 bridgehead atoms. The molecule has 4 aromatic rings. The third kappa shape index (κ3) is 6.17. The zero-order valence-electron chi connectivity index (χ0n) is 20.0. The molecule has 0 fully saturated rings. The van der Waals surface area contributed by atoms with E-state index < -0.39 is 33.6 Å². The van der Waals surface area contributed by atoms with E-state index in [4.69, 9.17) is 10.2 Å². The van der Waals surface area contributed by atoms with Crippen molar-refractivity contribution in [2.75, 3.05) is 10.6 Å². The maximum absolute atomic E-state index is 13.1. The summed E-state index contributed by atoms with van der Waals surface area (Å²) < 4.78 is 26.1. The Morgan fingerprint density at radius 3 is 1.03 bits per heavy atom. The van der Waals surface area contributed by atoms with Gasteiger partial charge in [-0.1, -0.05) is 0 Å². The fourth-order valence-corrected chi connectivity index (χ4v) is 4.77. The van der Waals surface area contributed by atoms with Crippen molar-refractivity contribution < 1.29 is 37.8 Å². The summed E-state index contributed by atoms with van der Waals surface area (Å²) in [6, 6.07) is 21.7. The van der Waals surface area contributed by atoms with Gasteiger partial charge in [0.25, 0.3) is 11.8 Å². The molecule has 4 N–H and O–H groups in total. The maximum Gasteiger partial charge on any atom is 0.335 e. The summed E-state index contributed by atoms with van der Waals surface area (Å²) in [4.78, 5) is 46.8. The van der Waals surface area contributed by atoms with Gasteiger partial charge in [-0.15, -0.1) is 0 Å². The largest absolute Gasteiger partial charge is 0.478 e. The Morgan fingerprint density at radius 2 is 0.744 bits per heavy atom. The first-order chi connectivity index (χ1) is 18.5. The highest BCUT2D eigenvalue weighted by molar-refractivity contribution is 7.91. The number of hydrogen-bond donors (Lipinski definition) is 4. The number of sulfone groups is 1. The van der Waals surface area contributed by atoms with Gasteiger partial charge in [-0.3, -0.25) is 9.59 Å². The van der Waals surface area contributed by atoms with Crippen LogP contribution in [0.5, 0.6) is 0 Å². The van der Waals surface area contributed by atoms with Crippen LogP contribution in [0.3, 0.4) is 0 Å². The fraction of sp³-hybridized carbons (Fsp3) is 0. The van der Waals surface area contributed by atoms with Gasteiger partial charge in [-0.05, 0) is 97.1 Å². The summed E-state index contributed by atoms with van der Waals surface area (Å²) in [6.07, 6.45) is 0. The molecular formula is C28H20N2O8S. The number of hydrogen-bond acceptors (Lipinski definition) is 6. The van der Waals surface area contributed by atoms with Crippen LogP contribution >= 0.6 is 0 Å². The van der Waals surface area contributed by atoms with Crippen LogP contribution in [-0.2, 0) is 9.84 Å². The molecule has 0 heterocycles. The van der Waals surface area contributed by atoms with Crippen molar-refractivity contribution >= 4 is 45.0 Å². The van der Waals surface area contributed by atoms with Gasteiger partial charge >= 0.3 is 11.9 Å². The van der Waals surface area contributed by atoms with E-state index in [0.29, 0.717) is 11.4 Å². The second-order valence-corrected chi connectivity index (χ2v) is 10.2. The van der Waals surface area contributed by atoms with Crippen LogP contribution in [0.1, 0.15) is 41.4 Å². The molecule has 0 aliphatic rings. The van der Waals surface area contributed by atoms with Crippen molar-refractivity contribution in [3.63, 3.8) is 0 Å². The number of amides is 2. The average Bonchev–Trinajstić information content (AvgIpc) is 2.93. The van der Waals surface area contributed by atoms with Gasteiger partial charge < -0.3 is 20.8 Å². The molecule has 0 spiro atoms. The summed E-state index contributed by atoms with van der Waals surface area (Å²) in [5, 5.41) is 23.1. The minimum atomic E-state index is -3.94. The molecule has 39 heavy (non-hydrogen) atoms. The molecule has 0 radical (unpaired) electrons. The van der Waals surface area contributed by atoms with Crippen LogP contribution in [0.2, 0.25) is 0 Å². The molecule has 10 nitrogen and oxygen atoms in total.